The fourth-order valence-electron chi connectivity index (χ4n) is 3.37. The summed E-state index contributed by atoms with van der Waals surface area (Å²) in [6.07, 6.45) is 19.5. The van der Waals surface area contributed by atoms with Gasteiger partial charge in [0.15, 0.2) is 0 Å². The zero-order valence-electron chi connectivity index (χ0n) is 11.9. The van der Waals surface area contributed by atoms with Gasteiger partial charge < -0.3 is 0 Å². The molecule has 0 nitrogen and oxygen atoms in total. The van der Waals surface area contributed by atoms with Crippen LogP contribution >= 0.6 is 0 Å². The van der Waals surface area contributed by atoms with Crippen LogP contribution in [-0.2, 0) is 0 Å². The molecule has 1 unspecified atom stereocenters. The first-order valence-corrected chi connectivity index (χ1v) is 7.97. The standard InChI is InChI=1S/C17H32/c1-3-5-11-16(10-4-2)14-9-15-17-12-7-6-8-13-17/h3,16-17H,1,4-15H2,2H3. The largest absolute Gasteiger partial charge is 0.103 e. The lowest BCUT2D eigenvalue weighted by Crippen LogP contribution is -2.07. The number of rotatable bonds is 9. The minimum Gasteiger partial charge on any atom is -0.103 e. The number of hydrogen-bond donors (Lipinski definition) is 0. The smallest absolute Gasteiger partial charge is 0.0351 e. The highest BCUT2D eigenvalue weighted by atomic mass is 14.2. The maximum atomic E-state index is 3.85. The average molecular weight is 236 g/mol. The summed E-state index contributed by atoms with van der Waals surface area (Å²) in [6, 6.07) is 0. The van der Waals surface area contributed by atoms with Crippen molar-refractivity contribution in [3.63, 3.8) is 0 Å². The summed E-state index contributed by atoms with van der Waals surface area (Å²) in [5.41, 5.74) is 0. The molecule has 17 heavy (non-hydrogen) atoms. The number of allylic oxidation sites excluding steroid dienone is 1. The molecule has 0 spiro atoms. The molecule has 0 heteroatoms. The van der Waals surface area contributed by atoms with Crippen LogP contribution in [0.5, 0.6) is 0 Å². The summed E-state index contributed by atoms with van der Waals surface area (Å²) in [4.78, 5) is 0. The Labute approximate surface area is 109 Å². The van der Waals surface area contributed by atoms with E-state index < -0.39 is 0 Å². The van der Waals surface area contributed by atoms with Crippen molar-refractivity contribution in [3.05, 3.63) is 12.7 Å². The first kappa shape index (κ1) is 14.8. The topological polar surface area (TPSA) is 0 Å². The van der Waals surface area contributed by atoms with E-state index in [1.54, 1.807) is 0 Å². The molecule has 0 N–H and O–H groups in total. The Balaban J connectivity index is 2.09. The molecule has 1 rings (SSSR count). The van der Waals surface area contributed by atoms with Crippen molar-refractivity contribution in [2.24, 2.45) is 11.8 Å². The van der Waals surface area contributed by atoms with Gasteiger partial charge in [0.05, 0.1) is 0 Å². The Morgan fingerprint density at radius 2 is 1.88 bits per heavy atom. The minimum atomic E-state index is 0.974. The van der Waals surface area contributed by atoms with Gasteiger partial charge in [0, 0.05) is 0 Å². The highest BCUT2D eigenvalue weighted by molar-refractivity contribution is 4.71. The van der Waals surface area contributed by atoms with Crippen molar-refractivity contribution >= 4 is 0 Å². The first-order valence-electron chi connectivity index (χ1n) is 7.97. The number of hydrogen-bond acceptors (Lipinski definition) is 0. The Morgan fingerprint density at radius 3 is 2.53 bits per heavy atom. The van der Waals surface area contributed by atoms with E-state index in [1.165, 1.54) is 77.0 Å². The molecular formula is C17H32. The van der Waals surface area contributed by atoms with Gasteiger partial charge in [0.25, 0.3) is 0 Å². The maximum absolute atomic E-state index is 3.85. The second kappa shape index (κ2) is 9.74. The van der Waals surface area contributed by atoms with Gasteiger partial charge in [-0.3, -0.25) is 0 Å². The molecule has 0 bridgehead atoms. The molecule has 0 aromatic rings. The molecule has 0 radical (unpaired) electrons. The van der Waals surface area contributed by atoms with Crippen LogP contribution in [0, 0.1) is 11.8 Å². The SMILES string of the molecule is C=CCCC(CCC)CCCC1CCCCC1. The predicted octanol–water partition coefficient (Wildman–Crippen LogP) is 6.12. The van der Waals surface area contributed by atoms with Crippen LogP contribution in [0.4, 0.5) is 0 Å². The summed E-state index contributed by atoms with van der Waals surface area (Å²) in [5, 5.41) is 0. The third-order valence-electron chi connectivity index (χ3n) is 4.43. The normalized spacial score (nSPS) is 19.1. The Hall–Kier alpha value is -0.260. The first-order chi connectivity index (χ1) is 8.36. The van der Waals surface area contributed by atoms with E-state index in [1.807, 2.05) is 0 Å². The molecule has 1 aliphatic rings. The molecule has 1 saturated carbocycles. The second-order valence-corrected chi connectivity index (χ2v) is 5.96. The molecule has 1 fully saturated rings. The summed E-state index contributed by atoms with van der Waals surface area (Å²) < 4.78 is 0. The molecule has 0 aromatic carbocycles. The average Bonchev–Trinajstić information content (AvgIpc) is 2.37. The van der Waals surface area contributed by atoms with E-state index in [4.69, 9.17) is 0 Å². The van der Waals surface area contributed by atoms with Gasteiger partial charge in [-0.25, -0.2) is 0 Å². The Kier molecular flexibility index (Phi) is 8.48. The van der Waals surface area contributed by atoms with Crippen LogP contribution < -0.4 is 0 Å². The second-order valence-electron chi connectivity index (χ2n) is 5.96. The molecule has 0 amide bonds. The molecule has 1 aliphatic carbocycles. The van der Waals surface area contributed by atoms with Crippen LogP contribution in [0.15, 0.2) is 12.7 Å². The van der Waals surface area contributed by atoms with Gasteiger partial charge in [-0.05, 0) is 24.7 Å². The van der Waals surface area contributed by atoms with Crippen LogP contribution in [0.1, 0.15) is 84.0 Å². The highest BCUT2D eigenvalue weighted by Gasteiger charge is 2.14. The van der Waals surface area contributed by atoms with E-state index in [0.717, 1.165) is 11.8 Å². The van der Waals surface area contributed by atoms with Crippen molar-refractivity contribution in [3.8, 4) is 0 Å². The minimum absolute atomic E-state index is 0.974. The zero-order valence-corrected chi connectivity index (χ0v) is 11.9. The molecule has 0 saturated heterocycles. The van der Waals surface area contributed by atoms with Crippen molar-refractivity contribution in [2.45, 2.75) is 84.0 Å². The zero-order chi connectivity index (χ0) is 12.3. The summed E-state index contributed by atoms with van der Waals surface area (Å²) >= 11 is 0. The molecule has 1 atom stereocenters. The van der Waals surface area contributed by atoms with Gasteiger partial charge in [0.1, 0.15) is 0 Å². The van der Waals surface area contributed by atoms with Crippen LogP contribution in [-0.4, -0.2) is 0 Å². The van der Waals surface area contributed by atoms with Crippen LogP contribution in [0.25, 0.3) is 0 Å². The van der Waals surface area contributed by atoms with Gasteiger partial charge in [-0.15, -0.1) is 6.58 Å². The van der Waals surface area contributed by atoms with E-state index in [9.17, 15) is 0 Å². The van der Waals surface area contributed by atoms with E-state index in [-0.39, 0.29) is 0 Å². The molecule has 100 valence electrons. The van der Waals surface area contributed by atoms with Crippen molar-refractivity contribution < 1.29 is 0 Å². The Morgan fingerprint density at radius 1 is 1.12 bits per heavy atom. The van der Waals surface area contributed by atoms with Crippen molar-refractivity contribution in [1.29, 1.82) is 0 Å². The summed E-state index contributed by atoms with van der Waals surface area (Å²) in [7, 11) is 0. The fourth-order valence-corrected chi connectivity index (χ4v) is 3.37. The predicted molar refractivity (Wildman–Crippen MR) is 78.3 cm³/mol. The maximum Gasteiger partial charge on any atom is -0.0351 e. The lowest BCUT2D eigenvalue weighted by atomic mass is 9.84. The summed E-state index contributed by atoms with van der Waals surface area (Å²) in [6.45, 7) is 6.17. The van der Waals surface area contributed by atoms with E-state index >= 15 is 0 Å². The van der Waals surface area contributed by atoms with Gasteiger partial charge in [-0.1, -0.05) is 77.2 Å². The van der Waals surface area contributed by atoms with Crippen LogP contribution in [0.2, 0.25) is 0 Å². The lowest BCUT2D eigenvalue weighted by Gasteiger charge is -2.22. The van der Waals surface area contributed by atoms with Gasteiger partial charge in [-0.2, -0.15) is 0 Å². The lowest BCUT2D eigenvalue weighted by molar-refractivity contribution is 0.310. The van der Waals surface area contributed by atoms with Gasteiger partial charge >= 0.3 is 0 Å². The van der Waals surface area contributed by atoms with E-state index in [0.29, 0.717) is 0 Å². The van der Waals surface area contributed by atoms with Crippen molar-refractivity contribution in [1.82, 2.24) is 0 Å². The third kappa shape index (κ3) is 6.91. The molecule has 0 aliphatic heterocycles. The fraction of sp³-hybridized carbons (Fsp3) is 0.882. The summed E-state index contributed by atoms with van der Waals surface area (Å²) in [5.74, 6) is 2.05. The van der Waals surface area contributed by atoms with Crippen molar-refractivity contribution in [2.75, 3.05) is 0 Å². The Bertz CT molecular complexity index is 176. The van der Waals surface area contributed by atoms with E-state index in [2.05, 4.69) is 19.6 Å². The molecular weight excluding hydrogens is 204 g/mol. The monoisotopic (exact) mass is 236 g/mol. The third-order valence-corrected chi connectivity index (χ3v) is 4.43. The van der Waals surface area contributed by atoms with Crippen LogP contribution in [0.3, 0.4) is 0 Å². The van der Waals surface area contributed by atoms with Gasteiger partial charge in [0.2, 0.25) is 0 Å². The molecule has 0 aromatic heterocycles. The molecule has 0 heterocycles. The quantitative estimate of drug-likeness (QED) is 0.423. The highest BCUT2D eigenvalue weighted by Crippen LogP contribution is 2.29.